The van der Waals surface area contributed by atoms with Crippen LogP contribution in [0.5, 0.6) is 0 Å². The Morgan fingerprint density at radius 2 is 2.20 bits per heavy atom. The van der Waals surface area contributed by atoms with Crippen molar-refractivity contribution in [1.29, 1.82) is 0 Å². The van der Waals surface area contributed by atoms with E-state index in [0.717, 1.165) is 12.8 Å². The summed E-state index contributed by atoms with van der Waals surface area (Å²) in [7, 11) is 0. The number of hydrogen-bond donors (Lipinski definition) is 1. The Bertz CT molecular complexity index is 826. The summed E-state index contributed by atoms with van der Waals surface area (Å²) in [6, 6.07) is 6.96. The average molecular weight is 380 g/mol. The van der Waals surface area contributed by atoms with Crippen molar-refractivity contribution in [1.82, 2.24) is 4.98 Å². The summed E-state index contributed by atoms with van der Waals surface area (Å²) >= 11 is 12.2. The van der Waals surface area contributed by atoms with Crippen LogP contribution in [0.25, 0.3) is 10.4 Å². The first-order valence-corrected chi connectivity index (χ1v) is 8.63. The van der Waals surface area contributed by atoms with E-state index in [1.165, 1.54) is 0 Å². The van der Waals surface area contributed by atoms with Gasteiger partial charge in [0.15, 0.2) is 0 Å². The van der Waals surface area contributed by atoms with E-state index < -0.39 is 5.72 Å². The molecule has 1 aromatic heterocycles. The van der Waals surface area contributed by atoms with E-state index in [-0.39, 0.29) is 0 Å². The first-order chi connectivity index (χ1) is 12.1. The van der Waals surface area contributed by atoms with Crippen LogP contribution >= 0.6 is 23.2 Å². The molecule has 0 radical (unpaired) electrons. The number of halogens is 2. The SMILES string of the molecule is [N-]=[N+]=NCCCCN1c2nccc[n+]2CC1(O)c1ccc(Cl)c(Cl)c1. The lowest BCUT2D eigenvalue weighted by atomic mass is 10.0. The fraction of sp³-hybridized carbons (Fsp3) is 0.375. The Morgan fingerprint density at radius 1 is 1.36 bits per heavy atom. The quantitative estimate of drug-likeness (QED) is 0.274. The van der Waals surface area contributed by atoms with Crippen LogP contribution in [0.1, 0.15) is 18.4 Å². The number of hydrogen-bond acceptors (Lipinski definition) is 4. The normalized spacial score (nSPS) is 18.8. The third-order valence-corrected chi connectivity index (χ3v) is 4.95. The molecule has 2 heterocycles. The number of fused-ring (bicyclic) bond motifs is 1. The summed E-state index contributed by atoms with van der Waals surface area (Å²) in [4.78, 5) is 9.01. The van der Waals surface area contributed by atoms with Gasteiger partial charge in [-0.15, -0.1) is 0 Å². The van der Waals surface area contributed by atoms with Crippen molar-refractivity contribution >= 4 is 29.2 Å². The molecule has 1 atom stereocenters. The van der Waals surface area contributed by atoms with Gasteiger partial charge in [-0.25, -0.2) is 9.47 Å². The fourth-order valence-electron chi connectivity index (χ4n) is 3.00. The summed E-state index contributed by atoms with van der Waals surface area (Å²) in [5.41, 5.74) is 7.74. The number of azide groups is 1. The fourth-order valence-corrected chi connectivity index (χ4v) is 3.30. The van der Waals surface area contributed by atoms with Gasteiger partial charge >= 0.3 is 5.95 Å². The van der Waals surface area contributed by atoms with Gasteiger partial charge in [0.25, 0.3) is 0 Å². The molecular weight excluding hydrogens is 363 g/mol. The highest BCUT2D eigenvalue weighted by Crippen LogP contribution is 2.36. The molecule has 1 aliphatic rings. The van der Waals surface area contributed by atoms with E-state index in [2.05, 4.69) is 15.0 Å². The minimum absolute atomic E-state index is 0.338. The van der Waals surface area contributed by atoms with Gasteiger partial charge in [-0.05, 0) is 30.5 Å². The predicted octanol–water partition coefficient (Wildman–Crippen LogP) is 3.43. The molecule has 25 heavy (non-hydrogen) atoms. The first-order valence-electron chi connectivity index (χ1n) is 7.87. The van der Waals surface area contributed by atoms with Crippen LogP contribution in [0.3, 0.4) is 0 Å². The smallest absolute Gasteiger partial charge is 0.353 e. The maximum Gasteiger partial charge on any atom is 0.396 e. The van der Waals surface area contributed by atoms with Crippen molar-refractivity contribution in [3.05, 3.63) is 62.7 Å². The zero-order valence-corrected chi connectivity index (χ0v) is 14.9. The van der Waals surface area contributed by atoms with Crippen molar-refractivity contribution in [3.8, 4) is 0 Å². The van der Waals surface area contributed by atoms with Crippen LogP contribution < -0.4 is 9.47 Å². The highest BCUT2D eigenvalue weighted by Gasteiger charge is 2.51. The van der Waals surface area contributed by atoms with E-state index >= 15 is 0 Å². The Kier molecular flexibility index (Phi) is 5.30. The van der Waals surface area contributed by atoms with Crippen molar-refractivity contribution in [2.75, 3.05) is 18.0 Å². The molecule has 1 aromatic carbocycles. The number of anilines is 1. The summed E-state index contributed by atoms with van der Waals surface area (Å²) < 4.78 is 1.90. The maximum atomic E-state index is 11.4. The lowest BCUT2D eigenvalue weighted by molar-refractivity contribution is -0.685. The Morgan fingerprint density at radius 3 is 2.96 bits per heavy atom. The molecule has 0 saturated heterocycles. The summed E-state index contributed by atoms with van der Waals surface area (Å²) in [5, 5.41) is 15.8. The zero-order valence-electron chi connectivity index (χ0n) is 13.4. The van der Waals surface area contributed by atoms with Gasteiger partial charge in [-0.1, -0.05) is 39.4 Å². The van der Waals surface area contributed by atoms with Gasteiger partial charge in [-0.3, -0.25) is 0 Å². The highest BCUT2D eigenvalue weighted by molar-refractivity contribution is 6.42. The van der Waals surface area contributed by atoms with Crippen molar-refractivity contribution in [2.45, 2.75) is 25.1 Å². The summed E-state index contributed by atoms with van der Waals surface area (Å²) in [5.74, 6) is 0.680. The number of rotatable bonds is 6. The first kappa shape index (κ1) is 17.8. The molecule has 1 N–H and O–H groups in total. The Labute approximate surface area is 155 Å². The number of unbranched alkanes of at least 4 members (excludes halogenated alkanes) is 1. The summed E-state index contributed by atoms with van der Waals surface area (Å²) in [6.07, 6.45) is 5.05. The molecule has 3 rings (SSSR count). The summed E-state index contributed by atoms with van der Waals surface area (Å²) in [6.45, 7) is 1.33. The molecule has 0 bridgehead atoms. The minimum Gasteiger partial charge on any atom is -0.353 e. The monoisotopic (exact) mass is 379 g/mol. The molecule has 0 saturated carbocycles. The molecule has 0 aliphatic carbocycles. The topological polar surface area (TPSA) is 89.0 Å². The molecule has 2 aromatic rings. The van der Waals surface area contributed by atoms with E-state index in [4.69, 9.17) is 28.7 Å². The van der Waals surface area contributed by atoms with Crippen LogP contribution in [0.15, 0.2) is 41.8 Å². The average Bonchev–Trinajstić information content (AvgIpc) is 2.90. The van der Waals surface area contributed by atoms with E-state index in [9.17, 15) is 5.11 Å². The van der Waals surface area contributed by atoms with Gasteiger partial charge in [0, 0.05) is 23.1 Å². The number of aliphatic hydroxyl groups is 1. The van der Waals surface area contributed by atoms with Gasteiger partial charge in [0.1, 0.15) is 12.7 Å². The highest BCUT2D eigenvalue weighted by atomic mass is 35.5. The third-order valence-electron chi connectivity index (χ3n) is 4.21. The molecule has 0 amide bonds. The molecule has 9 heteroatoms. The molecular formula is C16H17Cl2N6O+. The largest absolute Gasteiger partial charge is 0.396 e. The van der Waals surface area contributed by atoms with E-state index in [1.807, 2.05) is 21.7 Å². The second-order valence-corrected chi connectivity index (χ2v) is 6.62. The molecule has 1 aliphatic heterocycles. The van der Waals surface area contributed by atoms with Crippen LogP contribution in [0.2, 0.25) is 10.0 Å². The Balaban J connectivity index is 1.90. The van der Waals surface area contributed by atoms with Crippen molar-refractivity contribution in [2.24, 2.45) is 5.11 Å². The molecule has 7 nitrogen and oxygen atoms in total. The second kappa shape index (κ2) is 7.45. The molecule has 130 valence electrons. The van der Waals surface area contributed by atoms with Gasteiger partial charge in [0.05, 0.1) is 22.8 Å². The van der Waals surface area contributed by atoms with Gasteiger partial charge < -0.3 is 5.11 Å². The van der Waals surface area contributed by atoms with Crippen molar-refractivity contribution in [3.63, 3.8) is 0 Å². The number of aromatic nitrogens is 2. The van der Waals surface area contributed by atoms with Crippen LogP contribution in [0.4, 0.5) is 5.95 Å². The van der Waals surface area contributed by atoms with Gasteiger partial charge in [0.2, 0.25) is 5.72 Å². The second-order valence-electron chi connectivity index (χ2n) is 5.81. The lowest BCUT2D eigenvalue weighted by Crippen LogP contribution is -2.46. The zero-order chi connectivity index (χ0) is 17.9. The predicted molar refractivity (Wildman–Crippen MR) is 95.4 cm³/mol. The Hall–Kier alpha value is -2.05. The van der Waals surface area contributed by atoms with Crippen molar-refractivity contribution < 1.29 is 9.67 Å². The molecule has 0 spiro atoms. The van der Waals surface area contributed by atoms with Gasteiger partial charge in [-0.2, -0.15) is 0 Å². The van der Waals surface area contributed by atoms with Crippen LogP contribution in [-0.4, -0.2) is 23.2 Å². The third kappa shape index (κ3) is 3.50. The standard InChI is InChI=1S/C16H17Cl2N6O/c17-13-5-4-12(10-14(13)18)16(25)11-23-8-3-6-20-15(23)24(16)9-2-1-7-21-22-19/h3-6,8,10,25H,1-2,7,9,11H2/q+1. The number of nitrogens with zero attached hydrogens (tertiary/aromatic N) is 6. The maximum absolute atomic E-state index is 11.4. The van der Waals surface area contributed by atoms with Crippen LogP contribution in [0, 0.1) is 0 Å². The lowest BCUT2D eigenvalue weighted by Gasteiger charge is -2.28. The molecule has 0 fully saturated rings. The van der Waals surface area contributed by atoms with E-state index in [0.29, 0.717) is 41.2 Å². The van der Waals surface area contributed by atoms with Crippen LogP contribution in [-0.2, 0) is 12.3 Å². The number of benzene rings is 1. The van der Waals surface area contributed by atoms with E-state index in [1.54, 1.807) is 24.4 Å². The minimum atomic E-state index is -1.27. The molecule has 1 unspecified atom stereocenters.